The summed E-state index contributed by atoms with van der Waals surface area (Å²) in [5.74, 6) is -0.533. The normalized spacial score (nSPS) is 18.9. The van der Waals surface area contributed by atoms with Gasteiger partial charge in [-0.1, -0.05) is 12.1 Å². The van der Waals surface area contributed by atoms with Crippen LogP contribution in [0.2, 0.25) is 0 Å². The summed E-state index contributed by atoms with van der Waals surface area (Å²) < 4.78 is 5.26. The number of hydrogen-bond donors (Lipinski definition) is 3. The summed E-state index contributed by atoms with van der Waals surface area (Å²) in [5.41, 5.74) is 7.44. The first-order valence-electron chi connectivity index (χ1n) is 11.1. The average molecular weight is 510 g/mol. The highest BCUT2D eigenvalue weighted by Crippen LogP contribution is 2.28. The molecule has 0 radical (unpaired) electrons. The molecule has 0 aliphatic carbocycles. The lowest BCUT2D eigenvalue weighted by atomic mass is 10.2. The number of primary amides is 1. The predicted octanol–water partition coefficient (Wildman–Crippen LogP) is 0.849. The fraction of sp³-hybridized carbons (Fsp3) is 0.500. The highest BCUT2D eigenvalue weighted by Gasteiger charge is 2.24. The molecular weight excluding hydrogens is 478 g/mol. The van der Waals surface area contributed by atoms with Gasteiger partial charge in [-0.2, -0.15) is 0 Å². The number of anilines is 3. The first-order chi connectivity index (χ1) is 16.0. The van der Waals surface area contributed by atoms with E-state index >= 15 is 0 Å². The van der Waals surface area contributed by atoms with Crippen molar-refractivity contribution < 1.29 is 14.3 Å². The number of rotatable bonds is 8. The summed E-state index contributed by atoms with van der Waals surface area (Å²) in [5, 5.41) is 9.13. The second kappa shape index (κ2) is 12.3. The fourth-order valence-electron chi connectivity index (χ4n) is 4.23. The molecule has 12 heteroatoms. The first-order valence-corrected chi connectivity index (χ1v) is 12.0. The van der Waals surface area contributed by atoms with Gasteiger partial charge in [-0.05, 0) is 12.1 Å². The largest absolute Gasteiger partial charge is 0.383 e. The van der Waals surface area contributed by atoms with Gasteiger partial charge in [0.1, 0.15) is 5.69 Å². The molecule has 10 nitrogen and oxygen atoms in total. The van der Waals surface area contributed by atoms with Crippen LogP contribution in [0, 0.1) is 0 Å². The number of amides is 2. The van der Waals surface area contributed by atoms with E-state index in [2.05, 4.69) is 25.4 Å². The van der Waals surface area contributed by atoms with Gasteiger partial charge in [-0.15, -0.1) is 23.7 Å². The molecule has 1 atom stereocenters. The van der Waals surface area contributed by atoms with E-state index in [1.807, 2.05) is 34.5 Å². The Hall–Kier alpha value is -2.44. The number of nitrogens with one attached hydrogen (secondary N) is 2. The van der Waals surface area contributed by atoms with E-state index in [1.54, 1.807) is 7.11 Å². The van der Waals surface area contributed by atoms with Crippen LogP contribution in [0.5, 0.6) is 0 Å². The van der Waals surface area contributed by atoms with Crippen LogP contribution in [-0.4, -0.2) is 93.8 Å². The van der Waals surface area contributed by atoms with Gasteiger partial charge in [0.25, 0.3) is 5.91 Å². The van der Waals surface area contributed by atoms with E-state index in [4.69, 9.17) is 10.5 Å². The van der Waals surface area contributed by atoms with Gasteiger partial charge in [0.05, 0.1) is 24.5 Å². The van der Waals surface area contributed by atoms with Crippen LogP contribution in [-0.2, 0) is 9.53 Å². The lowest BCUT2D eigenvalue weighted by molar-refractivity contribution is -0.119. The number of carbonyl (C=O) groups excluding carboxylic acids is 2. The Balaban J connectivity index is 0.00000324. The van der Waals surface area contributed by atoms with Gasteiger partial charge in [0.2, 0.25) is 5.91 Å². The third-order valence-electron chi connectivity index (χ3n) is 5.86. The number of nitrogens with zero attached hydrogens (tertiary/aromatic N) is 4. The predicted molar refractivity (Wildman–Crippen MR) is 137 cm³/mol. The van der Waals surface area contributed by atoms with Crippen LogP contribution >= 0.6 is 23.7 Å². The molecule has 0 saturated carbocycles. The van der Waals surface area contributed by atoms with Crippen molar-refractivity contribution in [3.63, 3.8) is 0 Å². The Bertz CT molecular complexity index is 965. The number of hydrogen-bond acceptors (Lipinski definition) is 9. The molecule has 186 valence electrons. The van der Waals surface area contributed by atoms with Crippen molar-refractivity contribution in [2.75, 3.05) is 81.2 Å². The van der Waals surface area contributed by atoms with Crippen molar-refractivity contribution in [3.05, 3.63) is 35.3 Å². The summed E-state index contributed by atoms with van der Waals surface area (Å²) in [6.45, 7) is 6.42. The van der Waals surface area contributed by atoms with E-state index in [0.29, 0.717) is 12.3 Å². The quantitative estimate of drug-likeness (QED) is 0.479. The third kappa shape index (κ3) is 6.57. The van der Waals surface area contributed by atoms with E-state index in [0.717, 1.165) is 62.3 Å². The molecule has 2 fully saturated rings. The lowest BCUT2D eigenvalue weighted by Crippen LogP contribution is -2.52. The Labute approximate surface area is 209 Å². The molecule has 1 aromatic carbocycles. The molecule has 2 saturated heterocycles. The summed E-state index contributed by atoms with van der Waals surface area (Å²) in [6.07, 6.45) is 0. The van der Waals surface area contributed by atoms with Crippen molar-refractivity contribution >= 4 is 52.1 Å². The summed E-state index contributed by atoms with van der Waals surface area (Å²) in [4.78, 5) is 35.2. The Morgan fingerprint density at radius 2 is 1.97 bits per heavy atom. The van der Waals surface area contributed by atoms with Crippen LogP contribution in [0.3, 0.4) is 0 Å². The van der Waals surface area contributed by atoms with Crippen LogP contribution in [0.4, 0.5) is 16.5 Å². The number of nitrogens with two attached hydrogens (primary N) is 1. The van der Waals surface area contributed by atoms with Gasteiger partial charge in [-0.3, -0.25) is 14.5 Å². The maximum absolute atomic E-state index is 13.0. The minimum absolute atomic E-state index is 0. The highest BCUT2D eigenvalue weighted by molar-refractivity contribution is 7.14. The Morgan fingerprint density at radius 3 is 2.71 bits per heavy atom. The number of para-hydroxylation sites is 2. The number of thiazole rings is 1. The zero-order valence-corrected chi connectivity index (χ0v) is 20.9. The van der Waals surface area contributed by atoms with E-state index in [1.165, 1.54) is 11.3 Å². The third-order valence-corrected chi connectivity index (χ3v) is 6.76. The monoisotopic (exact) mass is 509 g/mol. The first kappa shape index (κ1) is 26.2. The van der Waals surface area contributed by atoms with Gasteiger partial charge in [0.15, 0.2) is 5.13 Å². The standard InChI is InChI=1S/C22H31N7O3S.ClH/c1-32-14-16-12-29(7-6-24-16)22-26-18(15-33-22)21(31)25-17-4-2-3-5-19(17)28-10-8-27(9-11-28)13-20(23)30;/h2-5,15-16,24H,6-14H2,1H3,(H2,23,30)(H,25,31);1H/t16-;/m0./s1. The Morgan fingerprint density at radius 1 is 1.21 bits per heavy atom. The topological polar surface area (TPSA) is 116 Å². The number of methoxy groups -OCH3 is 1. The number of aromatic nitrogens is 1. The molecule has 1 aromatic heterocycles. The van der Waals surface area contributed by atoms with Crippen LogP contribution in [0.1, 0.15) is 10.5 Å². The number of piperazine rings is 2. The minimum atomic E-state index is -0.311. The number of carbonyl (C=O) groups is 2. The highest BCUT2D eigenvalue weighted by atomic mass is 35.5. The molecule has 2 amide bonds. The molecule has 2 aliphatic heterocycles. The zero-order valence-electron chi connectivity index (χ0n) is 19.2. The maximum atomic E-state index is 13.0. The zero-order chi connectivity index (χ0) is 23.2. The van der Waals surface area contributed by atoms with Gasteiger partial charge in [0, 0.05) is 64.3 Å². The number of ether oxygens (including phenoxy) is 1. The molecule has 4 N–H and O–H groups in total. The maximum Gasteiger partial charge on any atom is 0.275 e. The SMILES string of the molecule is COC[C@@H]1CN(c2nc(C(=O)Nc3ccccc3N3CCN(CC(N)=O)CC3)cs2)CCN1.Cl. The molecule has 0 bridgehead atoms. The second-order valence-electron chi connectivity index (χ2n) is 8.27. The second-order valence-corrected chi connectivity index (χ2v) is 9.11. The van der Waals surface area contributed by atoms with E-state index < -0.39 is 0 Å². The molecule has 2 aliphatic rings. The fourth-order valence-corrected chi connectivity index (χ4v) is 5.08. The van der Waals surface area contributed by atoms with E-state index in [9.17, 15) is 9.59 Å². The van der Waals surface area contributed by atoms with Crippen LogP contribution < -0.4 is 26.2 Å². The van der Waals surface area contributed by atoms with Crippen LogP contribution in [0.25, 0.3) is 0 Å². The summed E-state index contributed by atoms with van der Waals surface area (Å²) in [6, 6.07) is 8.03. The van der Waals surface area contributed by atoms with Gasteiger partial charge < -0.3 is 30.9 Å². The van der Waals surface area contributed by atoms with Gasteiger partial charge >= 0.3 is 0 Å². The molecule has 0 unspecified atom stereocenters. The van der Waals surface area contributed by atoms with Crippen molar-refractivity contribution in [3.8, 4) is 0 Å². The van der Waals surface area contributed by atoms with E-state index in [-0.39, 0.29) is 36.8 Å². The molecule has 2 aromatic rings. The number of benzene rings is 1. The molecular formula is C22H32ClN7O3S. The minimum Gasteiger partial charge on any atom is -0.383 e. The summed E-state index contributed by atoms with van der Waals surface area (Å²) in [7, 11) is 1.70. The van der Waals surface area contributed by atoms with Crippen molar-refractivity contribution in [2.24, 2.45) is 5.73 Å². The Kier molecular flexibility index (Phi) is 9.48. The summed E-state index contributed by atoms with van der Waals surface area (Å²) >= 11 is 1.48. The van der Waals surface area contributed by atoms with Gasteiger partial charge in [-0.25, -0.2) is 4.98 Å². The molecule has 34 heavy (non-hydrogen) atoms. The smallest absolute Gasteiger partial charge is 0.275 e. The number of halogens is 1. The van der Waals surface area contributed by atoms with Crippen molar-refractivity contribution in [2.45, 2.75) is 6.04 Å². The van der Waals surface area contributed by atoms with Crippen molar-refractivity contribution in [1.29, 1.82) is 0 Å². The molecule has 4 rings (SSSR count). The van der Waals surface area contributed by atoms with Crippen molar-refractivity contribution in [1.82, 2.24) is 15.2 Å². The molecule has 3 heterocycles. The van der Waals surface area contributed by atoms with Crippen LogP contribution in [0.15, 0.2) is 29.6 Å². The lowest BCUT2D eigenvalue weighted by Gasteiger charge is -2.36. The average Bonchev–Trinajstić information content (AvgIpc) is 3.31. The molecule has 0 spiro atoms.